The van der Waals surface area contributed by atoms with Gasteiger partial charge in [0.25, 0.3) is 0 Å². The zero-order valence-corrected chi connectivity index (χ0v) is 22.5. The number of rotatable bonds is 5. The number of esters is 1. The zero-order chi connectivity index (χ0) is 26.3. The first-order chi connectivity index (χ1) is 17.8. The largest absolute Gasteiger partial charge is 0.465 e. The second-order valence-corrected chi connectivity index (χ2v) is 9.93. The number of aryl methyl sites for hydroxylation is 3. The molecular weight excluding hydrogens is 480 g/mol. The van der Waals surface area contributed by atoms with Crippen LogP contribution in [0.25, 0.3) is 5.69 Å². The summed E-state index contributed by atoms with van der Waals surface area (Å²) in [5.41, 5.74) is 9.05. The molecular formula is C30H30N4O2S. The summed E-state index contributed by atoms with van der Waals surface area (Å²) in [6.07, 6.45) is 1.82. The number of carbonyl (C=O) groups excluding carboxylic acids is 1. The van der Waals surface area contributed by atoms with E-state index in [1.807, 2.05) is 42.6 Å². The molecule has 3 heterocycles. The van der Waals surface area contributed by atoms with Gasteiger partial charge in [0.05, 0.1) is 30.5 Å². The van der Waals surface area contributed by atoms with Crippen molar-refractivity contribution >= 4 is 29.0 Å². The zero-order valence-electron chi connectivity index (χ0n) is 21.6. The first-order valence-corrected chi connectivity index (χ1v) is 12.7. The molecule has 0 radical (unpaired) electrons. The Morgan fingerprint density at radius 3 is 2.38 bits per heavy atom. The van der Waals surface area contributed by atoms with Crippen molar-refractivity contribution in [3.63, 3.8) is 0 Å². The van der Waals surface area contributed by atoms with E-state index in [1.54, 1.807) is 6.07 Å². The van der Waals surface area contributed by atoms with Crippen LogP contribution in [0.5, 0.6) is 0 Å². The number of thiocarbonyl (C=S) groups is 1. The highest BCUT2D eigenvalue weighted by atomic mass is 32.1. The molecule has 1 fully saturated rings. The van der Waals surface area contributed by atoms with Crippen molar-refractivity contribution < 1.29 is 9.53 Å². The maximum absolute atomic E-state index is 12.2. The molecule has 1 aliphatic rings. The molecule has 37 heavy (non-hydrogen) atoms. The first-order valence-electron chi connectivity index (χ1n) is 12.2. The predicted molar refractivity (Wildman–Crippen MR) is 150 cm³/mol. The third kappa shape index (κ3) is 4.51. The summed E-state index contributed by atoms with van der Waals surface area (Å²) in [5.74, 6) is -0.355. The van der Waals surface area contributed by atoms with Crippen LogP contribution in [0.15, 0.2) is 72.9 Å². The molecule has 188 valence electrons. The summed E-state index contributed by atoms with van der Waals surface area (Å²) in [7, 11) is 1.40. The van der Waals surface area contributed by atoms with E-state index in [4.69, 9.17) is 17.0 Å². The Bertz CT molecular complexity index is 1470. The molecule has 2 atom stereocenters. The number of ether oxygens (including phenoxy) is 1. The van der Waals surface area contributed by atoms with Gasteiger partial charge in [-0.3, -0.25) is 4.98 Å². The first kappa shape index (κ1) is 24.7. The highest BCUT2D eigenvalue weighted by Crippen LogP contribution is 2.44. The van der Waals surface area contributed by atoms with E-state index >= 15 is 0 Å². The number of aromatic nitrogens is 2. The van der Waals surface area contributed by atoms with E-state index in [0.29, 0.717) is 10.7 Å². The molecule has 0 unspecified atom stereocenters. The Kier molecular flexibility index (Phi) is 6.56. The summed E-state index contributed by atoms with van der Waals surface area (Å²) in [6.45, 7) is 8.41. The van der Waals surface area contributed by atoms with Crippen molar-refractivity contribution in [1.82, 2.24) is 14.9 Å². The van der Waals surface area contributed by atoms with Crippen LogP contribution in [0.3, 0.4) is 0 Å². The van der Waals surface area contributed by atoms with Gasteiger partial charge in [-0.15, -0.1) is 0 Å². The van der Waals surface area contributed by atoms with Gasteiger partial charge in [0.1, 0.15) is 0 Å². The number of benzene rings is 2. The molecule has 1 saturated heterocycles. The molecule has 4 aromatic rings. The lowest BCUT2D eigenvalue weighted by atomic mass is 9.96. The summed E-state index contributed by atoms with van der Waals surface area (Å²) in [5, 5.41) is 4.23. The van der Waals surface area contributed by atoms with Crippen LogP contribution in [0, 0.1) is 27.7 Å². The highest BCUT2D eigenvalue weighted by molar-refractivity contribution is 7.80. The molecule has 1 N–H and O–H groups in total. The maximum Gasteiger partial charge on any atom is 0.337 e. The smallest absolute Gasteiger partial charge is 0.337 e. The predicted octanol–water partition coefficient (Wildman–Crippen LogP) is 6.07. The van der Waals surface area contributed by atoms with E-state index in [9.17, 15) is 4.79 Å². The highest BCUT2D eigenvalue weighted by Gasteiger charge is 2.42. The standard InChI is InChI=1S/C30H30N4O2S/c1-18-13-19(2)15-24(14-18)34-28(27(32-30(34)37)26-11-6-7-12-31-26)25-16-20(3)33(21(25)4)23-10-8-9-22(17-23)29(35)36-5/h6-17,27-28H,1-5H3,(H,32,37)/t27-,28-/m0/s1. The SMILES string of the molecule is COC(=O)c1cccc(-n2c(C)cc([C@H]3[C@H](c4ccccn4)NC(=S)N3c3cc(C)cc(C)c3)c2C)c1. The third-order valence-corrected chi connectivity index (χ3v) is 7.21. The Hall–Kier alpha value is -3.97. The maximum atomic E-state index is 12.2. The van der Waals surface area contributed by atoms with E-state index in [1.165, 1.54) is 18.2 Å². The quantitative estimate of drug-likeness (QED) is 0.260. The second kappa shape index (κ2) is 9.82. The number of nitrogens with one attached hydrogen (secondary N) is 1. The number of anilines is 1. The van der Waals surface area contributed by atoms with Gasteiger partial charge in [0.15, 0.2) is 5.11 Å². The molecule has 0 spiro atoms. The minimum absolute atomic E-state index is 0.118. The Morgan fingerprint density at radius 1 is 0.946 bits per heavy atom. The van der Waals surface area contributed by atoms with Gasteiger partial charge in [0, 0.05) is 29.0 Å². The molecule has 7 heteroatoms. The number of pyridine rings is 1. The third-order valence-electron chi connectivity index (χ3n) is 6.90. The minimum atomic E-state index is -0.355. The minimum Gasteiger partial charge on any atom is -0.465 e. The lowest BCUT2D eigenvalue weighted by molar-refractivity contribution is 0.0600. The fourth-order valence-electron chi connectivity index (χ4n) is 5.41. The fourth-order valence-corrected chi connectivity index (χ4v) is 5.76. The average Bonchev–Trinajstić information content (AvgIpc) is 3.38. The number of methoxy groups -OCH3 is 1. The van der Waals surface area contributed by atoms with Crippen LogP contribution in [0.1, 0.15) is 56.2 Å². The van der Waals surface area contributed by atoms with E-state index in [-0.39, 0.29) is 18.1 Å². The van der Waals surface area contributed by atoms with E-state index < -0.39 is 0 Å². The van der Waals surface area contributed by atoms with Crippen molar-refractivity contribution in [3.8, 4) is 5.69 Å². The van der Waals surface area contributed by atoms with E-state index in [2.05, 4.69) is 71.7 Å². The molecule has 1 aliphatic heterocycles. The van der Waals surface area contributed by atoms with Crippen LogP contribution in [0.4, 0.5) is 5.69 Å². The van der Waals surface area contributed by atoms with Crippen LogP contribution in [-0.4, -0.2) is 27.7 Å². The average molecular weight is 511 g/mol. The summed E-state index contributed by atoms with van der Waals surface area (Å²) < 4.78 is 7.13. The molecule has 5 rings (SSSR count). The van der Waals surface area contributed by atoms with Gasteiger partial charge < -0.3 is 19.5 Å². The molecule has 0 amide bonds. The monoisotopic (exact) mass is 510 g/mol. The number of carbonyl (C=O) groups is 1. The molecule has 0 aliphatic carbocycles. The molecule has 2 aromatic carbocycles. The molecule has 2 aromatic heterocycles. The van der Waals surface area contributed by atoms with Crippen molar-refractivity contribution in [1.29, 1.82) is 0 Å². The van der Waals surface area contributed by atoms with Crippen LogP contribution in [-0.2, 0) is 4.74 Å². The Morgan fingerprint density at radius 2 is 1.70 bits per heavy atom. The van der Waals surface area contributed by atoms with Gasteiger partial charge >= 0.3 is 5.97 Å². The fraction of sp³-hybridized carbons (Fsp3) is 0.233. The lowest BCUT2D eigenvalue weighted by Gasteiger charge is -2.29. The van der Waals surface area contributed by atoms with E-state index in [0.717, 1.165) is 34.0 Å². The Labute approximate surface area is 222 Å². The topological polar surface area (TPSA) is 59.4 Å². The number of hydrogen-bond acceptors (Lipinski definition) is 4. The summed E-state index contributed by atoms with van der Waals surface area (Å²) in [6, 6.07) is 22.0. The van der Waals surface area contributed by atoms with Crippen molar-refractivity contribution in [2.45, 2.75) is 39.8 Å². The summed E-state index contributed by atoms with van der Waals surface area (Å²) in [4.78, 5) is 19.1. The van der Waals surface area contributed by atoms with Gasteiger partial charge in [-0.05, 0) is 105 Å². The molecule has 0 bridgehead atoms. The Balaban J connectivity index is 1.68. The van der Waals surface area contributed by atoms with Crippen molar-refractivity contribution in [2.24, 2.45) is 0 Å². The second-order valence-electron chi connectivity index (χ2n) is 9.55. The van der Waals surface area contributed by atoms with Gasteiger partial charge in [0.2, 0.25) is 0 Å². The van der Waals surface area contributed by atoms with Crippen molar-refractivity contribution in [3.05, 3.63) is 112 Å². The molecule has 0 saturated carbocycles. The van der Waals surface area contributed by atoms with Gasteiger partial charge in [-0.2, -0.15) is 0 Å². The normalized spacial score (nSPS) is 17.1. The lowest BCUT2D eigenvalue weighted by Crippen LogP contribution is -2.29. The summed E-state index contributed by atoms with van der Waals surface area (Å²) >= 11 is 5.93. The number of hydrogen-bond donors (Lipinski definition) is 1. The van der Waals surface area contributed by atoms with Gasteiger partial charge in [-0.25, -0.2) is 4.79 Å². The van der Waals surface area contributed by atoms with Crippen molar-refractivity contribution in [2.75, 3.05) is 12.0 Å². The molecule has 6 nitrogen and oxygen atoms in total. The van der Waals surface area contributed by atoms with Crippen LogP contribution in [0.2, 0.25) is 0 Å². The number of nitrogens with zero attached hydrogens (tertiary/aromatic N) is 3. The van der Waals surface area contributed by atoms with Gasteiger partial charge in [-0.1, -0.05) is 18.2 Å². The van der Waals surface area contributed by atoms with Crippen LogP contribution >= 0.6 is 12.2 Å². The van der Waals surface area contributed by atoms with Crippen LogP contribution < -0.4 is 10.2 Å².